The van der Waals surface area contributed by atoms with E-state index in [2.05, 4.69) is 20.8 Å². The molecule has 0 radical (unpaired) electrons. The number of carbonyl (C=O) groups excluding carboxylic acids is 1. The maximum Gasteiger partial charge on any atom is 0.333 e. The van der Waals surface area contributed by atoms with Gasteiger partial charge in [0, 0.05) is 12.0 Å². The molecule has 126 valence electrons. The van der Waals surface area contributed by atoms with Crippen LogP contribution in [0.15, 0.2) is 22.3 Å². The highest BCUT2D eigenvalue weighted by Gasteiger charge is 2.50. The molecule has 0 bridgehead atoms. The van der Waals surface area contributed by atoms with Gasteiger partial charge >= 0.3 is 5.97 Å². The summed E-state index contributed by atoms with van der Waals surface area (Å²) in [6, 6.07) is 0. The molecule has 4 atom stereocenters. The van der Waals surface area contributed by atoms with Gasteiger partial charge < -0.3 is 9.15 Å². The van der Waals surface area contributed by atoms with E-state index in [4.69, 9.17) is 9.15 Å². The lowest BCUT2D eigenvalue weighted by Crippen LogP contribution is -2.50. The van der Waals surface area contributed by atoms with Crippen LogP contribution >= 0.6 is 0 Å². The molecule has 0 aliphatic heterocycles. The fourth-order valence-electron chi connectivity index (χ4n) is 4.43. The van der Waals surface area contributed by atoms with Gasteiger partial charge in [0.2, 0.25) is 0 Å². The van der Waals surface area contributed by atoms with Gasteiger partial charge in [0.05, 0.1) is 6.26 Å². The molecule has 0 saturated heterocycles. The zero-order valence-corrected chi connectivity index (χ0v) is 14.9. The Labute approximate surface area is 139 Å². The molecule has 1 saturated carbocycles. The molecule has 2 aliphatic rings. The maximum atomic E-state index is 12.2. The summed E-state index contributed by atoms with van der Waals surface area (Å²) < 4.78 is 11.6. The maximum absolute atomic E-state index is 12.2. The van der Waals surface area contributed by atoms with E-state index in [0.717, 1.165) is 25.7 Å². The average Bonchev–Trinajstić information content (AvgIpc) is 2.88. The van der Waals surface area contributed by atoms with Crippen molar-refractivity contribution in [1.82, 2.24) is 0 Å². The fourth-order valence-corrected chi connectivity index (χ4v) is 4.43. The Bertz CT molecular complexity index is 639. The Morgan fingerprint density at radius 3 is 2.87 bits per heavy atom. The number of fused-ring (bicyclic) bond motifs is 2. The molecule has 23 heavy (non-hydrogen) atoms. The van der Waals surface area contributed by atoms with E-state index in [1.165, 1.54) is 16.9 Å². The number of aryl methyl sites for hydroxylation is 1. The number of allylic oxidation sites excluding steroid dienone is 1. The van der Waals surface area contributed by atoms with Crippen LogP contribution in [-0.4, -0.2) is 12.1 Å². The minimum atomic E-state index is -0.164. The van der Waals surface area contributed by atoms with Crippen LogP contribution in [0.2, 0.25) is 0 Å². The summed E-state index contributed by atoms with van der Waals surface area (Å²) in [4.78, 5) is 12.2. The lowest BCUT2D eigenvalue weighted by atomic mass is 9.55. The van der Waals surface area contributed by atoms with Gasteiger partial charge in [-0.25, -0.2) is 4.79 Å². The van der Waals surface area contributed by atoms with E-state index in [1.54, 1.807) is 0 Å². The van der Waals surface area contributed by atoms with Crippen molar-refractivity contribution in [2.45, 2.75) is 66.4 Å². The van der Waals surface area contributed by atoms with E-state index < -0.39 is 0 Å². The first-order chi connectivity index (χ1) is 10.9. The average molecular weight is 316 g/mol. The van der Waals surface area contributed by atoms with E-state index >= 15 is 0 Å². The van der Waals surface area contributed by atoms with E-state index in [-0.39, 0.29) is 17.5 Å². The van der Waals surface area contributed by atoms with Gasteiger partial charge in [-0.15, -0.1) is 0 Å². The lowest BCUT2D eigenvalue weighted by molar-refractivity contribution is -0.156. The molecule has 0 unspecified atom stereocenters. The Balaban J connectivity index is 1.82. The second-order valence-electron chi connectivity index (χ2n) is 7.69. The molecular weight excluding hydrogens is 288 g/mol. The quantitative estimate of drug-likeness (QED) is 0.590. The van der Waals surface area contributed by atoms with Crippen LogP contribution in [-0.2, 0) is 22.4 Å². The Kier molecular flexibility index (Phi) is 4.16. The smallest absolute Gasteiger partial charge is 0.333 e. The second-order valence-corrected chi connectivity index (χ2v) is 7.69. The van der Waals surface area contributed by atoms with Gasteiger partial charge in [-0.3, -0.25) is 0 Å². The van der Waals surface area contributed by atoms with Gasteiger partial charge in [-0.2, -0.15) is 0 Å². The number of ether oxygens (including phenoxy) is 1. The highest BCUT2D eigenvalue weighted by atomic mass is 16.5. The predicted octanol–water partition coefficient (Wildman–Crippen LogP) is 4.62. The highest BCUT2D eigenvalue weighted by Crippen LogP contribution is 2.53. The molecule has 1 heterocycles. The minimum Gasteiger partial charge on any atom is -0.469 e. The summed E-state index contributed by atoms with van der Waals surface area (Å²) in [7, 11) is 0. The molecule has 3 rings (SSSR count). The number of rotatable bonds is 2. The van der Waals surface area contributed by atoms with Crippen molar-refractivity contribution in [3.63, 3.8) is 0 Å². The van der Waals surface area contributed by atoms with E-state index in [9.17, 15) is 4.79 Å². The van der Waals surface area contributed by atoms with Crippen LogP contribution in [0.3, 0.4) is 0 Å². The van der Waals surface area contributed by atoms with Crippen LogP contribution in [0.5, 0.6) is 0 Å². The number of esters is 1. The van der Waals surface area contributed by atoms with E-state index in [0.29, 0.717) is 17.4 Å². The van der Waals surface area contributed by atoms with Crippen molar-refractivity contribution in [2.24, 2.45) is 17.3 Å². The molecule has 1 aromatic heterocycles. The topological polar surface area (TPSA) is 39.4 Å². The van der Waals surface area contributed by atoms with Crippen LogP contribution < -0.4 is 0 Å². The number of hydrogen-bond donors (Lipinski definition) is 0. The number of hydrogen-bond acceptors (Lipinski definition) is 3. The first-order valence-corrected chi connectivity index (χ1v) is 8.76. The number of furan rings is 1. The van der Waals surface area contributed by atoms with Gasteiger partial charge in [0.15, 0.2) is 0 Å². The SMILES string of the molecule is C/C=C(/C)C(=O)O[C@H]1CC[C@@H]2Cc3occ(C)c3C[C@]2(C)[C@H]1C. The summed E-state index contributed by atoms with van der Waals surface area (Å²) in [6.07, 6.45) is 7.86. The third kappa shape index (κ3) is 2.64. The Morgan fingerprint density at radius 1 is 1.43 bits per heavy atom. The molecular formula is C20H28O3. The molecule has 0 N–H and O–H groups in total. The fraction of sp³-hybridized carbons (Fsp3) is 0.650. The van der Waals surface area contributed by atoms with Crippen molar-refractivity contribution >= 4 is 5.97 Å². The third-order valence-corrected chi connectivity index (χ3v) is 6.52. The van der Waals surface area contributed by atoms with E-state index in [1.807, 2.05) is 26.2 Å². The molecule has 3 heteroatoms. The van der Waals surface area contributed by atoms with Crippen LogP contribution in [0.1, 0.15) is 57.4 Å². The molecule has 2 aliphatic carbocycles. The molecule has 3 nitrogen and oxygen atoms in total. The third-order valence-electron chi connectivity index (χ3n) is 6.52. The molecule has 0 spiro atoms. The Hall–Kier alpha value is -1.51. The standard InChI is InChI=1S/C20H28O3/c1-6-12(2)19(21)23-17-8-7-15-9-18-16(13(3)11-22-18)10-20(15,5)14(17)4/h6,11,14-15,17H,7-10H2,1-5H3/b12-6-/t14-,15+,17-,20+/m0/s1. The summed E-state index contributed by atoms with van der Waals surface area (Å²) in [5.41, 5.74) is 3.51. The summed E-state index contributed by atoms with van der Waals surface area (Å²) in [5.74, 6) is 1.99. The van der Waals surface area contributed by atoms with Crippen molar-refractivity contribution < 1.29 is 13.9 Å². The normalized spacial score (nSPS) is 33.8. The zero-order valence-electron chi connectivity index (χ0n) is 14.9. The molecule has 0 aromatic carbocycles. The van der Waals surface area contributed by atoms with Crippen molar-refractivity contribution in [3.8, 4) is 0 Å². The highest BCUT2D eigenvalue weighted by molar-refractivity contribution is 5.87. The van der Waals surface area contributed by atoms with Gasteiger partial charge in [0.1, 0.15) is 11.9 Å². The van der Waals surface area contributed by atoms with Crippen LogP contribution in [0.4, 0.5) is 0 Å². The van der Waals surface area contributed by atoms with Gasteiger partial charge in [-0.05, 0) is 68.4 Å². The monoisotopic (exact) mass is 316 g/mol. The number of carbonyl (C=O) groups is 1. The molecule has 0 amide bonds. The summed E-state index contributed by atoms with van der Waals surface area (Å²) in [6.45, 7) is 10.5. The van der Waals surface area contributed by atoms with Gasteiger partial charge in [-0.1, -0.05) is 19.9 Å². The second kappa shape index (κ2) is 5.85. The summed E-state index contributed by atoms with van der Waals surface area (Å²) in [5, 5.41) is 0. The molecule has 1 fully saturated rings. The largest absolute Gasteiger partial charge is 0.469 e. The molecule has 1 aromatic rings. The lowest BCUT2D eigenvalue weighted by Gasteiger charge is -2.51. The van der Waals surface area contributed by atoms with Crippen LogP contribution in [0, 0.1) is 24.2 Å². The van der Waals surface area contributed by atoms with Crippen LogP contribution in [0.25, 0.3) is 0 Å². The first-order valence-electron chi connectivity index (χ1n) is 8.76. The first kappa shape index (κ1) is 16.4. The predicted molar refractivity (Wildman–Crippen MR) is 90.2 cm³/mol. The zero-order chi connectivity index (χ0) is 16.8. The van der Waals surface area contributed by atoms with Crippen molar-refractivity contribution in [2.75, 3.05) is 0 Å². The van der Waals surface area contributed by atoms with Crippen molar-refractivity contribution in [3.05, 3.63) is 34.8 Å². The van der Waals surface area contributed by atoms with Gasteiger partial charge in [0.25, 0.3) is 0 Å². The summed E-state index contributed by atoms with van der Waals surface area (Å²) >= 11 is 0. The Morgan fingerprint density at radius 2 is 2.17 bits per heavy atom. The minimum absolute atomic E-state index is 0.0207. The van der Waals surface area contributed by atoms with Crippen molar-refractivity contribution in [1.29, 1.82) is 0 Å².